The molecule has 0 spiro atoms. The van der Waals surface area contributed by atoms with Crippen LogP contribution in [0.2, 0.25) is 0 Å². The molecular formula is C36H27N2O6S-. The molecule has 0 amide bonds. The number of rotatable bonds is 10. The Morgan fingerprint density at radius 2 is 1.58 bits per heavy atom. The molecule has 0 aliphatic carbocycles. The van der Waals surface area contributed by atoms with Crippen molar-refractivity contribution >= 4 is 66.8 Å². The van der Waals surface area contributed by atoms with Gasteiger partial charge in [0.15, 0.2) is 12.3 Å². The molecule has 0 saturated carbocycles. The summed E-state index contributed by atoms with van der Waals surface area (Å²) < 4.78 is 15.7. The summed E-state index contributed by atoms with van der Waals surface area (Å²) in [4.78, 5) is 25.0. The van der Waals surface area contributed by atoms with E-state index in [2.05, 4.69) is 28.8 Å². The number of carbonyl (C=O) groups is 2. The van der Waals surface area contributed by atoms with Gasteiger partial charge < -0.3 is 34.2 Å². The molecule has 0 radical (unpaired) electrons. The van der Waals surface area contributed by atoms with Crippen molar-refractivity contribution < 1.29 is 33.8 Å². The van der Waals surface area contributed by atoms with Crippen LogP contribution in [0.3, 0.4) is 0 Å². The lowest BCUT2D eigenvalue weighted by molar-refractivity contribution is -0.668. The minimum atomic E-state index is -1.29. The summed E-state index contributed by atoms with van der Waals surface area (Å²) >= 11 is 1.61. The molecule has 0 N–H and O–H groups in total. The van der Waals surface area contributed by atoms with Crippen molar-refractivity contribution in [2.75, 3.05) is 18.1 Å². The van der Waals surface area contributed by atoms with E-state index in [0.29, 0.717) is 31.1 Å². The number of aliphatic carboxylic acids is 1. The highest BCUT2D eigenvalue weighted by molar-refractivity contribution is 7.19. The molecule has 7 rings (SSSR count). The van der Waals surface area contributed by atoms with Crippen molar-refractivity contribution in [1.82, 2.24) is 0 Å². The Balaban J connectivity index is 1.32. The van der Waals surface area contributed by atoms with Crippen molar-refractivity contribution in [3.8, 4) is 11.5 Å². The third-order valence-corrected chi connectivity index (χ3v) is 9.01. The van der Waals surface area contributed by atoms with Crippen LogP contribution in [0.15, 0.2) is 103 Å². The summed E-state index contributed by atoms with van der Waals surface area (Å²) in [5, 5.41) is 28.1. The van der Waals surface area contributed by atoms with Crippen LogP contribution in [0.25, 0.3) is 37.8 Å². The Morgan fingerprint density at radius 1 is 0.867 bits per heavy atom. The second-order valence-corrected chi connectivity index (χ2v) is 11.8. The summed E-state index contributed by atoms with van der Waals surface area (Å²) in [6.45, 7) is 1.06. The summed E-state index contributed by atoms with van der Waals surface area (Å²) in [5.74, 6) is -0.836. The summed E-state index contributed by atoms with van der Waals surface area (Å²) in [6.07, 6.45) is 2.31. The van der Waals surface area contributed by atoms with Crippen molar-refractivity contribution in [3.63, 3.8) is 0 Å². The van der Waals surface area contributed by atoms with Crippen molar-refractivity contribution in [2.45, 2.75) is 19.4 Å². The highest BCUT2D eigenvalue weighted by Crippen LogP contribution is 2.45. The van der Waals surface area contributed by atoms with Crippen molar-refractivity contribution in [3.05, 3.63) is 114 Å². The minimum absolute atomic E-state index is 0.00187. The van der Waals surface area contributed by atoms with Gasteiger partial charge >= 0.3 is 0 Å². The van der Waals surface area contributed by atoms with Gasteiger partial charge in [-0.15, -0.1) is 0 Å². The summed E-state index contributed by atoms with van der Waals surface area (Å²) in [6, 6.07) is 30.8. The highest BCUT2D eigenvalue weighted by Gasteiger charge is 2.31. The third-order valence-electron chi connectivity index (χ3n) is 7.92. The second-order valence-electron chi connectivity index (χ2n) is 10.7. The number of carbonyl (C=O) groups excluding carboxylic acids is 2. The first-order valence-electron chi connectivity index (χ1n) is 14.6. The zero-order valence-corrected chi connectivity index (χ0v) is 24.9. The number of benzene rings is 5. The molecule has 224 valence electrons. The van der Waals surface area contributed by atoms with Gasteiger partial charge in [-0.1, -0.05) is 78.1 Å². The summed E-state index contributed by atoms with van der Waals surface area (Å²) in [5.41, 5.74) is 1.94. The molecule has 0 atom stereocenters. The van der Waals surface area contributed by atoms with Crippen LogP contribution < -0.4 is 29.2 Å². The van der Waals surface area contributed by atoms with Crippen molar-refractivity contribution in [1.29, 1.82) is 0 Å². The molecule has 6 aromatic rings. The van der Waals surface area contributed by atoms with Crippen LogP contribution in [-0.4, -0.2) is 25.1 Å². The molecule has 45 heavy (non-hydrogen) atoms. The first kappa shape index (κ1) is 28.4. The number of para-hydroxylation sites is 1. The van der Waals surface area contributed by atoms with E-state index >= 15 is 0 Å². The lowest BCUT2D eigenvalue weighted by atomic mass is 10.1. The average molecular weight is 616 g/mol. The third kappa shape index (κ3) is 5.42. The number of anilines is 1. The van der Waals surface area contributed by atoms with Gasteiger partial charge in [0.05, 0.1) is 23.1 Å². The van der Waals surface area contributed by atoms with Crippen LogP contribution in [-0.2, 0) is 11.3 Å². The maximum atomic E-state index is 11.6. The van der Waals surface area contributed by atoms with Crippen molar-refractivity contribution in [2.24, 2.45) is 0 Å². The number of nitrogens with zero attached hydrogens (tertiary/aromatic N) is 2. The zero-order chi connectivity index (χ0) is 30.9. The Hall–Kier alpha value is -5.41. The number of carboxylic acid groups (broad SMARTS) is 2. The van der Waals surface area contributed by atoms with Gasteiger partial charge in [0.2, 0.25) is 11.4 Å². The van der Waals surface area contributed by atoms with E-state index in [9.17, 15) is 19.8 Å². The van der Waals surface area contributed by atoms with Gasteiger partial charge in [-0.25, -0.2) is 0 Å². The summed E-state index contributed by atoms with van der Waals surface area (Å²) in [7, 11) is 0. The van der Waals surface area contributed by atoms with E-state index in [1.165, 1.54) is 6.07 Å². The van der Waals surface area contributed by atoms with Gasteiger partial charge in [0.1, 0.15) is 17.1 Å². The van der Waals surface area contributed by atoms with E-state index in [4.69, 9.17) is 9.47 Å². The zero-order valence-electron chi connectivity index (χ0n) is 24.1. The Bertz CT molecular complexity index is 2140. The first-order valence-corrected chi connectivity index (χ1v) is 15.5. The maximum absolute atomic E-state index is 11.6. The first-order chi connectivity index (χ1) is 22.0. The molecular weight excluding hydrogens is 588 g/mol. The fourth-order valence-corrected chi connectivity index (χ4v) is 7.03. The molecule has 1 aliphatic rings. The van der Waals surface area contributed by atoms with Gasteiger partial charge in [-0.3, -0.25) is 0 Å². The fourth-order valence-electron chi connectivity index (χ4n) is 5.90. The number of aromatic nitrogens is 1. The standard InChI is InChI=1S/C36H28N2O6S/c39-33(40)14-7-19-37-31(44-29-17-15-23-8-1-3-10-25(23)34(29)37)22-32-38(20-21-43-28-13-6-5-12-27(28)36(41)42)35-26-11-4-2-9-24(26)16-18-30(35)45-32/h1-6,8-13,15-18,22H,7,14,19-21H2,(H-,39,40,41,42)/p-1. The molecule has 1 aromatic heterocycles. The molecule has 0 unspecified atom stereocenters. The lowest BCUT2D eigenvalue weighted by Gasteiger charge is -2.19. The smallest absolute Gasteiger partial charge is 0.268 e. The van der Waals surface area contributed by atoms with E-state index in [-0.39, 0.29) is 24.3 Å². The van der Waals surface area contributed by atoms with E-state index < -0.39 is 11.9 Å². The predicted octanol–water partition coefficient (Wildman–Crippen LogP) is 4.67. The van der Waals surface area contributed by atoms with E-state index in [1.54, 1.807) is 29.5 Å². The Kier molecular flexibility index (Phi) is 7.52. The number of hydrogen-bond donors (Lipinski definition) is 0. The molecule has 8 nitrogen and oxygen atoms in total. The van der Waals surface area contributed by atoms with Crippen LogP contribution in [0.4, 0.5) is 5.69 Å². The molecule has 0 saturated heterocycles. The maximum Gasteiger partial charge on any atom is 0.268 e. The van der Waals surface area contributed by atoms with Crippen LogP contribution >= 0.6 is 11.3 Å². The number of hydrogen-bond acceptors (Lipinski definition) is 8. The second kappa shape index (κ2) is 11.9. The fraction of sp³-hybridized carbons (Fsp3) is 0.139. The number of carboxylic acids is 2. The molecule has 1 aliphatic heterocycles. The van der Waals surface area contributed by atoms with Gasteiger partial charge in [0, 0.05) is 23.5 Å². The number of aromatic carboxylic acids is 1. The van der Waals surface area contributed by atoms with Crippen LogP contribution in [0, 0.1) is 0 Å². The lowest BCUT2D eigenvalue weighted by Crippen LogP contribution is -2.38. The van der Waals surface area contributed by atoms with Gasteiger partial charge in [-0.05, 0) is 53.9 Å². The molecule has 0 bridgehead atoms. The molecule has 0 fully saturated rings. The number of fused-ring (bicyclic) bond motifs is 6. The highest BCUT2D eigenvalue weighted by atomic mass is 32.1. The van der Waals surface area contributed by atoms with E-state index in [0.717, 1.165) is 42.5 Å². The Morgan fingerprint density at radius 3 is 2.38 bits per heavy atom. The van der Waals surface area contributed by atoms with Gasteiger partial charge in [0.25, 0.3) is 5.01 Å². The van der Waals surface area contributed by atoms with Gasteiger partial charge in [-0.2, -0.15) is 4.57 Å². The normalized spacial score (nSPS) is 13.4. The minimum Gasteiger partial charge on any atom is -0.550 e. The topological polar surface area (TPSA) is 106 Å². The average Bonchev–Trinajstić information content (AvgIpc) is 3.58. The molecule has 5 aromatic carbocycles. The largest absolute Gasteiger partial charge is 0.550 e. The Labute approximate surface area is 262 Å². The SMILES string of the molecule is O=C([O-])CCCN1C(=Cc2sc3ccc4ccccc4c3[n+]2CCOc2ccccc2C(=O)[O-])Oc2ccc3ccccc3c21. The van der Waals surface area contributed by atoms with E-state index in [1.807, 2.05) is 59.5 Å². The quantitative estimate of drug-likeness (QED) is 0.206. The number of thiazole rings is 1. The van der Waals surface area contributed by atoms with Crippen LogP contribution in [0.1, 0.15) is 28.2 Å². The molecule has 9 heteroatoms. The molecule has 2 heterocycles. The van der Waals surface area contributed by atoms with Crippen LogP contribution in [0.5, 0.6) is 11.5 Å². The number of ether oxygens (including phenoxy) is 2. The predicted molar refractivity (Wildman–Crippen MR) is 170 cm³/mol. The monoisotopic (exact) mass is 615 g/mol.